The lowest BCUT2D eigenvalue weighted by Crippen LogP contribution is -2.34. The van der Waals surface area contributed by atoms with Gasteiger partial charge in [-0.05, 0) is 43.2 Å². The van der Waals surface area contributed by atoms with Gasteiger partial charge in [0.05, 0.1) is 6.10 Å². The molecule has 0 heterocycles. The van der Waals surface area contributed by atoms with Crippen molar-refractivity contribution in [2.45, 2.75) is 57.7 Å². The van der Waals surface area contributed by atoms with Gasteiger partial charge >= 0.3 is 0 Å². The summed E-state index contributed by atoms with van der Waals surface area (Å²) in [6.45, 7) is 3.23. The summed E-state index contributed by atoms with van der Waals surface area (Å²) in [5.41, 5.74) is 2.92. The highest BCUT2D eigenvalue weighted by Crippen LogP contribution is 2.21. The maximum absolute atomic E-state index is 5.41. The van der Waals surface area contributed by atoms with E-state index in [0.29, 0.717) is 12.1 Å². The van der Waals surface area contributed by atoms with Gasteiger partial charge in [-0.15, -0.1) is 0 Å². The van der Waals surface area contributed by atoms with Crippen LogP contribution in [0.3, 0.4) is 0 Å². The average molecular weight is 247 g/mol. The molecular weight excluding hydrogens is 222 g/mol. The van der Waals surface area contributed by atoms with Crippen LogP contribution >= 0.6 is 0 Å². The summed E-state index contributed by atoms with van der Waals surface area (Å²) in [6.07, 6.45) is 6.49. The first-order valence-electron chi connectivity index (χ1n) is 7.16. The fourth-order valence-corrected chi connectivity index (χ4v) is 2.83. The summed E-state index contributed by atoms with van der Waals surface area (Å²) < 4.78 is 5.41. The molecule has 0 radical (unpaired) electrons. The second kappa shape index (κ2) is 6.91. The van der Waals surface area contributed by atoms with Gasteiger partial charge in [0.15, 0.2) is 0 Å². The van der Waals surface area contributed by atoms with Gasteiger partial charge in [-0.3, -0.25) is 0 Å². The maximum atomic E-state index is 5.41. The van der Waals surface area contributed by atoms with Crippen LogP contribution in [0.4, 0.5) is 0 Å². The summed E-state index contributed by atoms with van der Waals surface area (Å²) in [5, 5.41) is 3.70. The van der Waals surface area contributed by atoms with Crippen LogP contribution in [0.5, 0.6) is 0 Å². The van der Waals surface area contributed by atoms with Gasteiger partial charge in [-0.25, -0.2) is 0 Å². The molecule has 0 saturated heterocycles. The SMILES string of the molecule is CCc1ccccc1CNC1CCC(OC)CC1. The Balaban J connectivity index is 1.81. The highest BCUT2D eigenvalue weighted by Gasteiger charge is 2.20. The van der Waals surface area contributed by atoms with E-state index < -0.39 is 0 Å². The molecule has 2 nitrogen and oxygen atoms in total. The smallest absolute Gasteiger partial charge is 0.0572 e. The molecule has 0 aromatic heterocycles. The Morgan fingerprint density at radius 1 is 1.11 bits per heavy atom. The maximum Gasteiger partial charge on any atom is 0.0572 e. The van der Waals surface area contributed by atoms with E-state index in [0.717, 1.165) is 13.0 Å². The highest BCUT2D eigenvalue weighted by molar-refractivity contribution is 5.26. The largest absolute Gasteiger partial charge is 0.381 e. The number of aryl methyl sites for hydroxylation is 1. The van der Waals surface area contributed by atoms with Gasteiger partial charge in [0.25, 0.3) is 0 Å². The van der Waals surface area contributed by atoms with E-state index >= 15 is 0 Å². The van der Waals surface area contributed by atoms with E-state index in [2.05, 4.69) is 36.5 Å². The molecule has 1 aromatic carbocycles. The number of benzene rings is 1. The lowest BCUT2D eigenvalue weighted by atomic mass is 9.92. The average Bonchev–Trinajstić information content (AvgIpc) is 2.46. The topological polar surface area (TPSA) is 21.3 Å². The van der Waals surface area contributed by atoms with Gasteiger partial charge < -0.3 is 10.1 Å². The van der Waals surface area contributed by atoms with Crippen molar-refractivity contribution in [3.63, 3.8) is 0 Å². The minimum Gasteiger partial charge on any atom is -0.381 e. The number of hydrogen-bond acceptors (Lipinski definition) is 2. The van der Waals surface area contributed by atoms with Crippen molar-refractivity contribution in [2.75, 3.05) is 7.11 Å². The summed E-state index contributed by atoms with van der Waals surface area (Å²) >= 11 is 0. The summed E-state index contributed by atoms with van der Waals surface area (Å²) in [5.74, 6) is 0. The van der Waals surface area contributed by atoms with Gasteiger partial charge in [0.1, 0.15) is 0 Å². The molecule has 1 aliphatic rings. The molecule has 1 aliphatic carbocycles. The third-order valence-electron chi connectivity index (χ3n) is 4.09. The van der Waals surface area contributed by atoms with E-state index in [9.17, 15) is 0 Å². The van der Waals surface area contributed by atoms with Crippen LogP contribution in [0.2, 0.25) is 0 Å². The molecule has 1 fully saturated rings. The van der Waals surface area contributed by atoms with Crippen LogP contribution in [0.25, 0.3) is 0 Å². The molecule has 2 rings (SSSR count). The van der Waals surface area contributed by atoms with Crippen molar-refractivity contribution in [3.05, 3.63) is 35.4 Å². The fourth-order valence-electron chi connectivity index (χ4n) is 2.83. The lowest BCUT2D eigenvalue weighted by Gasteiger charge is -2.28. The second-order valence-electron chi connectivity index (χ2n) is 5.21. The monoisotopic (exact) mass is 247 g/mol. The Kier molecular flexibility index (Phi) is 5.21. The minimum absolute atomic E-state index is 0.492. The van der Waals surface area contributed by atoms with E-state index in [4.69, 9.17) is 4.74 Å². The first kappa shape index (κ1) is 13.6. The second-order valence-corrected chi connectivity index (χ2v) is 5.21. The number of nitrogens with one attached hydrogen (secondary N) is 1. The van der Waals surface area contributed by atoms with Crippen molar-refractivity contribution in [3.8, 4) is 0 Å². The standard InChI is InChI=1S/C16H25NO/c1-3-13-6-4-5-7-14(13)12-17-15-8-10-16(18-2)11-9-15/h4-7,15-17H,3,8-12H2,1-2H3. The summed E-state index contributed by atoms with van der Waals surface area (Å²) in [6, 6.07) is 9.41. The Morgan fingerprint density at radius 2 is 1.78 bits per heavy atom. The molecule has 18 heavy (non-hydrogen) atoms. The molecule has 1 N–H and O–H groups in total. The van der Waals surface area contributed by atoms with Gasteiger partial charge in [-0.2, -0.15) is 0 Å². The molecule has 0 spiro atoms. The van der Waals surface area contributed by atoms with E-state index in [1.807, 2.05) is 7.11 Å². The predicted octanol–water partition coefficient (Wildman–Crippen LogP) is 3.30. The molecule has 1 saturated carbocycles. The molecule has 0 aliphatic heterocycles. The molecular formula is C16H25NO. The molecule has 0 bridgehead atoms. The summed E-state index contributed by atoms with van der Waals surface area (Å²) in [4.78, 5) is 0. The van der Waals surface area contributed by atoms with Crippen LogP contribution in [0, 0.1) is 0 Å². The van der Waals surface area contributed by atoms with Gasteiger partial charge in [0, 0.05) is 19.7 Å². The van der Waals surface area contributed by atoms with Crippen LogP contribution < -0.4 is 5.32 Å². The Bertz CT molecular complexity index is 356. The van der Waals surface area contributed by atoms with Crippen molar-refractivity contribution in [1.29, 1.82) is 0 Å². The molecule has 0 unspecified atom stereocenters. The molecule has 0 amide bonds. The van der Waals surface area contributed by atoms with Crippen LogP contribution in [0.15, 0.2) is 24.3 Å². The van der Waals surface area contributed by atoms with Crippen LogP contribution in [0.1, 0.15) is 43.7 Å². The van der Waals surface area contributed by atoms with E-state index in [1.165, 1.54) is 36.8 Å². The van der Waals surface area contributed by atoms with Crippen molar-refractivity contribution < 1.29 is 4.74 Å². The first-order valence-corrected chi connectivity index (χ1v) is 7.16. The highest BCUT2D eigenvalue weighted by atomic mass is 16.5. The zero-order chi connectivity index (χ0) is 12.8. The predicted molar refractivity (Wildman–Crippen MR) is 75.7 cm³/mol. The Labute approximate surface area is 111 Å². The normalized spacial score (nSPS) is 24.1. The molecule has 100 valence electrons. The number of methoxy groups -OCH3 is 1. The van der Waals surface area contributed by atoms with Gasteiger partial charge in [0.2, 0.25) is 0 Å². The van der Waals surface area contributed by atoms with Crippen molar-refractivity contribution >= 4 is 0 Å². The van der Waals surface area contributed by atoms with Crippen molar-refractivity contribution in [1.82, 2.24) is 5.32 Å². The molecule has 1 aromatic rings. The molecule has 2 heteroatoms. The fraction of sp³-hybridized carbons (Fsp3) is 0.625. The zero-order valence-electron chi connectivity index (χ0n) is 11.6. The van der Waals surface area contributed by atoms with E-state index in [1.54, 1.807) is 0 Å². The van der Waals surface area contributed by atoms with E-state index in [-0.39, 0.29) is 0 Å². The first-order chi connectivity index (χ1) is 8.83. The lowest BCUT2D eigenvalue weighted by molar-refractivity contribution is 0.0624. The van der Waals surface area contributed by atoms with Crippen LogP contribution in [-0.2, 0) is 17.7 Å². The summed E-state index contributed by atoms with van der Waals surface area (Å²) in [7, 11) is 1.83. The Morgan fingerprint density at radius 3 is 2.39 bits per heavy atom. The third-order valence-corrected chi connectivity index (χ3v) is 4.09. The van der Waals surface area contributed by atoms with Crippen LogP contribution in [-0.4, -0.2) is 19.3 Å². The Hall–Kier alpha value is -0.860. The number of rotatable bonds is 5. The van der Waals surface area contributed by atoms with Crippen molar-refractivity contribution in [2.24, 2.45) is 0 Å². The number of ether oxygens (including phenoxy) is 1. The third kappa shape index (κ3) is 3.56. The minimum atomic E-state index is 0.492. The zero-order valence-corrected chi connectivity index (χ0v) is 11.6. The quantitative estimate of drug-likeness (QED) is 0.862. The number of hydrogen-bond donors (Lipinski definition) is 1. The van der Waals surface area contributed by atoms with Gasteiger partial charge in [-0.1, -0.05) is 31.2 Å². The molecule has 0 atom stereocenters.